The second-order valence-electron chi connectivity index (χ2n) is 5.41. The first-order chi connectivity index (χ1) is 9.56. The first kappa shape index (κ1) is 14.7. The minimum atomic E-state index is 0.450. The standard InChI is InChI=1S/C17H23NO2/c1-12(2)18-10-17-14(4)9-15(20-17)11-19-16-8-6-5-7-13(16)3/h5-9,12,18H,10-11H2,1-4H3. The van der Waals surface area contributed by atoms with Crippen LogP contribution in [0.5, 0.6) is 5.75 Å². The number of nitrogens with one attached hydrogen (secondary N) is 1. The van der Waals surface area contributed by atoms with Gasteiger partial charge in [-0.1, -0.05) is 32.0 Å². The normalized spacial score (nSPS) is 11.1. The van der Waals surface area contributed by atoms with E-state index in [0.717, 1.165) is 29.4 Å². The molecule has 0 atom stereocenters. The van der Waals surface area contributed by atoms with Crippen molar-refractivity contribution < 1.29 is 9.15 Å². The summed E-state index contributed by atoms with van der Waals surface area (Å²) in [6.45, 7) is 9.58. The third kappa shape index (κ3) is 3.87. The van der Waals surface area contributed by atoms with Crippen LogP contribution < -0.4 is 10.1 Å². The summed E-state index contributed by atoms with van der Waals surface area (Å²) in [4.78, 5) is 0. The van der Waals surface area contributed by atoms with Crippen molar-refractivity contribution in [2.24, 2.45) is 0 Å². The average Bonchev–Trinajstić information content (AvgIpc) is 2.76. The Morgan fingerprint density at radius 2 is 1.90 bits per heavy atom. The summed E-state index contributed by atoms with van der Waals surface area (Å²) in [7, 11) is 0. The minimum Gasteiger partial charge on any atom is -0.485 e. The van der Waals surface area contributed by atoms with E-state index in [4.69, 9.17) is 9.15 Å². The van der Waals surface area contributed by atoms with Crippen molar-refractivity contribution in [1.29, 1.82) is 0 Å². The number of ether oxygens (including phenoxy) is 1. The predicted molar refractivity (Wildman–Crippen MR) is 80.9 cm³/mol. The van der Waals surface area contributed by atoms with Crippen LogP contribution in [-0.2, 0) is 13.2 Å². The number of rotatable bonds is 6. The molecule has 3 nitrogen and oxygen atoms in total. The first-order valence-electron chi connectivity index (χ1n) is 7.06. The van der Waals surface area contributed by atoms with E-state index in [1.165, 1.54) is 5.56 Å². The van der Waals surface area contributed by atoms with Crippen LogP contribution in [0.4, 0.5) is 0 Å². The molecule has 0 bridgehead atoms. The maximum absolute atomic E-state index is 5.84. The van der Waals surface area contributed by atoms with E-state index in [0.29, 0.717) is 12.6 Å². The molecule has 0 spiro atoms. The van der Waals surface area contributed by atoms with Crippen molar-refractivity contribution in [3.05, 3.63) is 53.0 Å². The fraction of sp³-hybridized carbons (Fsp3) is 0.412. The lowest BCUT2D eigenvalue weighted by Crippen LogP contribution is -2.21. The summed E-state index contributed by atoms with van der Waals surface area (Å²) in [6, 6.07) is 10.5. The SMILES string of the molecule is Cc1ccccc1OCc1cc(C)c(CNC(C)C)o1. The van der Waals surface area contributed by atoms with Crippen LogP contribution in [-0.4, -0.2) is 6.04 Å². The molecule has 20 heavy (non-hydrogen) atoms. The molecule has 2 aromatic rings. The maximum Gasteiger partial charge on any atom is 0.146 e. The van der Waals surface area contributed by atoms with Crippen molar-refractivity contribution in [1.82, 2.24) is 5.32 Å². The third-order valence-electron chi connectivity index (χ3n) is 3.21. The van der Waals surface area contributed by atoms with Gasteiger partial charge >= 0.3 is 0 Å². The third-order valence-corrected chi connectivity index (χ3v) is 3.21. The zero-order valence-electron chi connectivity index (χ0n) is 12.7. The number of benzene rings is 1. The lowest BCUT2D eigenvalue weighted by molar-refractivity contribution is 0.263. The average molecular weight is 273 g/mol. The maximum atomic E-state index is 5.84. The minimum absolute atomic E-state index is 0.450. The van der Waals surface area contributed by atoms with Gasteiger partial charge in [0.2, 0.25) is 0 Å². The molecule has 0 aliphatic carbocycles. The Morgan fingerprint density at radius 1 is 1.15 bits per heavy atom. The first-order valence-corrected chi connectivity index (χ1v) is 7.06. The largest absolute Gasteiger partial charge is 0.485 e. The van der Waals surface area contributed by atoms with E-state index in [1.54, 1.807) is 0 Å². The summed E-state index contributed by atoms with van der Waals surface area (Å²) < 4.78 is 11.6. The van der Waals surface area contributed by atoms with Crippen molar-refractivity contribution in [3.8, 4) is 5.75 Å². The van der Waals surface area contributed by atoms with Crippen molar-refractivity contribution >= 4 is 0 Å². The van der Waals surface area contributed by atoms with E-state index in [-0.39, 0.29) is 0 Å². The van der Waals surface area contributed by atoms with Gasteiger partial charge in [0, 0.05) is 6.04 Å². The van der Waals surface area contributed by atoms with Crippen molar-refractivity contribution in [3.63, 3.8) is 0 Å². The van der Waals surface area contributed by atoms with Gasteiger partial charge in [0.1, 0.15) is 23.9 Å². The van der Waals surface area contributed by atoms with Crippen LogP contribution in [0.3, 0.4) is 0 Å². The molecule has 108 valence electrons. The molecule has 0 aliphatic rings. The monoisotopic (exact) mass is 273 g/mol. The fourth-order valence-corrected chi connectivity index (χ4v) is 2.00. The summed E-state index contributed by atoms with van der Waals surface area (Å²) >= 11 is 0. The summed E-state index contributed by atoms with van der Waals surface area (Å²) in [5.41, 5.74) is 2.30. The van der Waals surface area contributed by atoms with Crippen molar-refractivity contribution in [2.75, 3.05) is 0 Å². The Kier molecular flexibility index (Phi) is 4.85. The molecule has 0 aliphatic heterocycles. The Bertz CT molecular complexity index is 558. The Morgan fingerprint density at radius 3 is 2.60 bits per heavy atom. The van der Waals surface area contributed by atoms with Crippen molar-refractivity contribution in [2.45, 2.75) is 46.9 Å². The number of aryl methyl sites for hydroxylation is 2. The van der Waals surface area contributed by atoms with E-state index in [2.05, 4.69) is 32.2 Å². The molecular weight excluding hydrogens is 250 g/mol. The van der Waals surface area contributed by atoms with Gasteiger partial charge in [-0.2, -0.15) is 0 Å². The fourth-order valence-electron chi connectivity index (χ4n) is 2.00. The van der Waals surface area contributed by atoms with Crippen LogP contribution in [0.1, 0.15) is 36.5 Å². The van der Waals surface area contributed by atoms with E-state index < -0.39 is 0 Å². The van der Waals surface area contributed by atoms with Crippen LogP contribution in [0.2, 0.25) is 0 Å². The van der Waals surface area contributed by atoms with E-state index >= 15 is 0 Å². The number of hydrogen-bond donors (Lipinski definition) is 1. The van der Waals surface area contributed by atoms with Gasteiger partial charge in [0.05, 0.1) is 6.54 Å². The number of hydrogen-bond acceptors (Lipinski definition) is 3. The summed E-state index contributed by atoms with van der Waals surface area (Å²) in [6.07, 6.45) is 0. The lowest BCUT2D eigenvalue weighted by atomic mass is 10.2. The molecule has 0 saturated carbocycles. The Hall–Kier alpha value is -1.74. The molecule has 1 heterocycles. The second kappa shape index (κ2) is 6.62. The molecule has 1 N–H and O–H groups in total. The zero-order valence-corrected chi connectivity index (χ0v) is 12.7. The van der Waals surface area contributed by atoms with Gasteiger partial charge in [-0.05, 0) is 37.1 Å². The highest BCUT2D eigenvalue weighted by Crippen LogP contribution is 2.20. The van der Waals surface area contributed by atoms with Gasteiger partial charge in [-0.25, -0.2) is 0 Å². The van der Waals surface area contributed by atoms with Gasteiger partial charge in [-0.15, -0.1) is 0 Å². The highest BCUT2D eigenvalue weighted by Gasteiger charge is 2.09. The topological polar surface area (TPSA) is 34.4 Å². The van der Waals surface area contributed by atoms with Crippen LogP contribution in [0.25, 0.3) is 0 Å². The van der Waals surface area contributed by atoms with Crippen LogP contribution >= 0.6 is 0 Å². The molecule has 1 aromatic heterocycles. The number of furan rings is 1. The lowest BCUT2D eigenvalue weighted by Gasteiger charge is -2.07. The molecule has 2 rings (SSSR count). The van der Waals surface area contributed by atoms with Crippen LogP contribution in [0.15, 0.2) is 34.7 Å². The predicted octanol–water partition coefficient (Wildman–Crippen LogP) is 3.97. The van der Waals surface area contributed by atoms with Gasteiger partial charge in [0.25, 0.3) is 0 Å². The van der Waals surface area contributed by atoms with E-state index in [1.807, 2.05) is 31.2 Å². The quantitative estimate of drug-likeness (QED) is 0.864. The molecule has 0 radical (unpaired) electrons. The molecule has 3 heteroatoms. The molecule has 0 fully saturated rings. The van der Waals surface area contributed by atoms with Crippen LogP contribution in [0, 0.1) is 13.8 Å². The summed E-state index contributed by atoms with van der Waals surface area (Å²) in [5, 5.41) is 3.36. The molecule has 0 unspecified atom stereocenters. The molecule has 1 aromatic carbocycles. The number of para-hydroxylation sites is 1. The summed E-state index contributed by atoms with van der Waals surface area (Å²) in [5.74, 6) is 2.76. The van der Waals surface area contributed by atoms with Gasteiger partial charge < -0.3 is 14.5 Å². The highest BCUT2D eigenvalue weighted by atomic mass is 16.5. The van der Waals surface area contributed by atoms with E-state index in [9.17, 15) is 0 Å². The van der Waals surface area contributed by atoms with Gasteiger partial charge in [0.15, 0.2) is 0 Å². The Labute approximate surface area is 121 Å². The smallest absolute Gasteiger partial charge is 0.146 e. The van der Waals surface area contributed by atoms with Gasteiger partial charge in [-0.3, -0.25) is 0 Å². The molecule has 0 amide bonds. The molecule has 0 saturated heterocycles. The molecular formula is C17H23NO2. The highest BCUT2D eigenvalue weighted by molar-refractivity contribution is 5.32. The zero-order chi connectivity index (χ0) is 14.5. The Balaban J connectivity index is 1.97. The second-order valence-corrected chi connectivity index (χ2v) is 5.41.